The lowest BCUT2D eigenvalue weighted by Gasteiger charge is -2.39. The third kappa shape index (κ3) is 6.12. The van der Waals surface area contributed by atoms with Crippen LogP contribution in [0.3, 0.4) is 0 Å². The molecule has 2 unspecified atom stereocenters. The van der Waals surface area contributed by atoms with E-state index in [0.29, 0.717) is 18.5 Å². The first-order chi connectivity index (χ1) is 15.1. The maximum atomic E-state index is 4.95. The van der Waals surface area contributed by atoms with Gasteiger partial charge in [-0.3, -0.25) is 0 Å². The quantitative estimate of drug-likeness (QED) is 0.350. The number of rotatable bonds is 5. The molecule has 2 atom stereocenters. The van der Waals surface area contributed by atoms with Crippen molar-refractivity contribution in [1.82, 2.24) is 29.7 Å². The van der Waals surface area contributed by atoms with Gasteiger partial charge in [-0.2, -0.15) is 0 Å². The summed E-state index contributed by atoms with van der Waals surface area (Å²) in [6.45, 7) is 12.2. The zero-order chi connectivity index (χ0) is 21.6. The maximum Gasteiger partial charge on any atom is 0.194 e. The Balaban J connectivity index is 0.00000289. The van der Waals surface area contributed by atoms with Crippen LogP contribution in [0.4, 0.5) is 5.82 Å². The molecular formula is C23H37IN8. The fourth-order valence-corrected chi connectivity index (χ4v) is 4.42. The van der Waals surface area contributed by atoms with Crippen molar-refractivity contribution < 1.29 is 0 Å². The van der Waals surface area contributed by atoms with E-state index in [1.807, 2.05) is 18.7 Å². The molecule has 2 aromatic rings. The summed E-state index contributed by atoms with van der Waals surface area (Å²) in [4.78, 5) is 21.0. The summed E-state index contributed by atoms with van der Waals surface area (Å²) in [5, 5.41) is 3.49. The van der Waals surface area contributed by atoms with Crippen molar-refractivity contribution in [3.8, 4) is 0 Å². The Labute approximate surface area is 209 Å². The molecule has 2 fully saturated rings. The Hall–Kier alpha value is -1.88. The molecule has 8 nitrogen and oxygen atoms in total. The summed E-state index contributed by atoms with van der Waals surface area (Å²) in [5.41, 5.74) is 1.14. The minimum Gasteiger partial charge on any atom is -0.357 e. The molecule has 0 bridgehead atoms. The van der Waals surface area contributed by atoms with Gasteiger partial charge in [0.25, 0.3) is 0 Å². The minimum absolute atomic E-state index is 0. The lowest BCUT2D eigenvalue weighted by atomic mass is 9.93. The van der Waals surface area contributed by atoms with Gasteiger partial charge >= 0.3 is 0 Å². The van der Waals surface area contributed by atoms with E-state index in [1.54, 1.807) is 0 Å². The highest BCUT2D eigenvalue weighted by Crippen LogP contribution is 2.27. The summed E-state index contributed by atoms with van der Waals surface area (Å²) >= 11 is 0. The maximum absolute atomic E-state index is 4.95. The molecule has 9 heteroatoms. The Kier molecular flexibility index (Phi) is 9.15. The molecule has 2 aliphatic heterocycles. The van der Waals surface area contributed by atoms with Crippen LogP contribution in [0.1, 0.15) is 31.9 Å². The molecule has 0 amide bonds. The van der Waals surface area contributed by atoms with Crippen molar-refractivity contribution in [1.29, 1.82) is 0 Å². The SMILES string of the molecule is CCNC(=NCc1ccc(N2CCN(C)CC2)nc1)N1CCC(C)C(n2ccnc2)C1.I. The predicted molar refractivity (Wildman–Crippen MR) is 141 cm³/mol. The number of likely N-dealkylation sites (tertiary alicyclic amines) is 1. The van der Waals surface area contributed by atoms with Gasteiger partial charge in [-0.05, 0) is 37.9 Å². The van der Waals surface area contributed by atoms with Crippen molar-refractivity contribution in [2.45, 2.75) is 32.9 Å². The van der Waals surface area contributed by atoms with Crippen LogP contribution in [0.15, 0.2) is 42.0 Å². The van der Waals surface area contributed by atoms with Gasteiger partial charge in [-0.1, -0.05) is 13.0 Å². The highest BCUT2D eigenvalue weighted by atomic mass is 127. The number of anilines is 1. The van der Waals surface area contributed by atoms with Crippen LogP contribution in [0, 0.1) is 5.92 Å². The Morgan fingerprint density at radius 1 is 1.19 bits per heavy atom. The second-order valence-corrected chi connectivity index (χ2v) is 8.77. The number of aromatic nitrogens is 3. The lowest BCUT2D eigenvalue weighted by molar-refractivity contribution is 0.189. The first kappa shape index (κ1) is 24.8. The Morgan fingerprint density at radius 3 is 2.66 bits per heavy atom. The van der Waals surface area contributed by atoms with Crippen LogP contribution < -0.4 is 10.2 Å². The van der Waals surface area contributed by atoms with Crippen molar-refractivity contribution in [3.63, 3.8) is 0 Å². The van der Waals surface area contributed by atoms with Crippen LogP contribution >= 0.6 is 24.0 Å². The number of nitrogens with zero attached hydrogens (tertiary/aromatic N) is 7. The molecule has 176 valence electrons. The number of piperidine rings is 1. The summed E-state index contributed by atoms with van der Waals surface area (Å²) in [6, 6.07) is 4.73. The molecule has 4 heterocycles. The van der Waals surface area contributed by atoms with Gasteiger partial charge in [0.1, 0.15) is 5.82 Å². The normalized spacial score (nSPS) is 22.5. The number of guanidine groups is 1. The zero-order valence-corrected chi connectivity index (χ0v) is 21.9. The van der Waals surface area contributed by atoms with E-state index in [9.17, 15) is 0 Å². The smallest absolute Gasteiger partial charge is 0.194 e. The number of aliphatic imine (C=N–C) groups is 1. The molecule has 2 aromatic heterocycles. The van der Waals surface area contributed by atoms with Gasteiger partial charge in [0.2, 0.25) is 0 Å². The largest absolute Gasteiger partial charge is 0.357 e. The van der Waals surface area contributed by atoms with Crippen molar-refractivity contribution in [2.24, 2.45) is 10.9 Å². The van der Waals surface area contributed by atoms with Gasteiger partial charge in [-0.25, -0.2) is 15.0 Å². The summed E-state index contributed by atoms with van der Waals surface area (Å²) in [5.74, 6) is 2.68. The van der Waals surface area contributed by atoms with Gasteiger partial charge in [-0.15, -0.1) is 24.0 Å². The van der Waals surface area contributed by atoms with E-state index < -0.39 is 0 Å². The fourth-order valence-electron chi connectivity index (χ4n) is 4.42. The zero-order valence-electron chi connectivity index (χ0n) is 19.5. The number of piperazine rings is 1. The van der Waals surface area contributed by atoms with Crippen molar-refractivity contribution in [3.05, 3.63) is 42.6 Å². The molecule has 0 spiro atoms. The van der Waals surface area contributed by atoms with Crippen molar-refractivity contribution >= 4 is 35.8 Å². The molecular weight excluding hydrogens is 515 g/mol. The second kappa shape index (κ2) is 11.8. The predicted octanol–water partition coefficient (Wildman–Crippen LogP) is 2.70. The molecule has 2 saturated heterocycles. The van der Waals surface area contributed by atoms with Gasteiger partial charge < -0.3 is 24.6 Å². The first-order valence-corrected chi connectivity index (χ1v) is 11.5. The van der Waals surface area contributed by atoms with E-state index >= 15 is 0 Å². The van der Waals surface area contributed by atoms with E-state index in [0.717, 1.165) is 69.6 Å². The van der Waals surface area contributed by atoms with Crippen LogP contribution in [0.2, 0.25) is 0 Å². The summed E-state index contributed by atoms with van der Waals surface area (Å²) in [6.07, 6.45) is 9.00. The van der Waals surface area contributed by atoms with Gasteiger partial charge in [0, 0.05) is 64.4 Å². The van der Waals surface area contributed by atoms with Crippen LogP contribution in [0.5, 0.6) is 0 Å². The van der Waals surface area contributed by atoms with E-state index in [-0.39, 0.29) is 24.0 Å². The molecule has 1 N–H and O–H groups in total. The topological polar surface area (TPSA) is 64.8 Å². The van der Waals surface area contributed by atoms with Crippen molar-refractivity contribution in [2.75, 3.05) is 57.8 Å². The average Bonchev–Trinajstić information content (AvgIpc) is 3.33. The number of imidazole rings is 1. The number of nitrogens with one attached hydrogen (secondary N) is 1. The molecule has 0 aromatic carbocycles. The number of halogens is 1. The molecule has 0 aliphatic carbocycles. The third-order valence-corrected chi connectivity index (χ3v) is 6.51. The number of likely N-dealkylation sites (N-methyl/N-ethyl adjacent to an activating group) is 1. The summed E-state index contributed by atoms with van der Waals surface area (Å²) < 4.78 is 2.24. The highest BCUT2D eigenvalue weighted by molar-refractivity contribution is 14.0. The number of pyridine rings is 1. The molecule has 0 radical (unpaired) electrons. The molecule has 32 heavy (non-hydrogen) atoms. The van der Waals surface area contributed by atoms with Gasteiger partial charge in [0.15, 0.2) is 5.96 Å². The highest BCUT2D eigenvalue weighted by Gasteiger charge is 2.28. The molecule has 2 aliphatic rings. The van der Waals surface area contributed by atoms with Crippen LogP contribution in [0.25, 0.3) is 0 Å². The first-order valence-electron chi connectivity index (χ1n) is 11.5. The lowest BCUT2D eigenvalue weighted by Crippen LogP contribution is -2.49. The van der Waals surface area contributed by atoms with Crippen LogP contribution in [-0.2, 0) is 6.54 Å². The second-order valence-electron chi connectivity index (χ2n) is 8.77. The van der Waals surface area contributed by atoms with E-state index in [4.69, 9.17) is 9.98 Å². The molecule has 4 rings (SSSR count). The number of hydrogen-bond donors (Lipinski definition) is 1. The molecule has 0 saturated carbocycles. The minimum atomic E-state index is 0. The monoisotopic (exact) mass is 552 g/mol. The van der Waals surface area contributed by atoms with E-state index in [1.165, 1.54) is 0 Å². The summed E-state index contributed by atoms with van der Waals surface area (Å²) in [7, 11) is 2.18. The van der Waals surface area contributed by atoms with Crippen LogP contribution in [-0.4, -0.2) is 83.2 Å². The van der Waals surface area contributed by atoms with E-state index in [2.05, 4.69) is 68.8 Å². The standard InChI is InChI=1S/C23H36N8.HI/c1-4-25-23(30-9-7-19(2)21(17-30)31-10-8-24-18-31)27-16-20-5-6-22(26-15-20)29-13-11-28(3)12-14-29;/h5-6,8,10,15,18-19,21H,4,7,9,11-14,16-17H2,1-3H3,(H,25,27);1H. The third-order valence-electron chi connectivity index (χ3n) is 6.51. The van der Waals surface area contributed by atoms with Gasteiger partial charge in [0.05, 0.1) is 18.9 Å². The average molecular weight is 553 g/mol. The Bertz CT molecular complexity index is 830. The Morgan fingerprint density at radius 2 is 2.00 bits per heavy atom. The number of hydrogen-bond acceptors (Lipinski definition) is 5. The fraction of sp³-hybridized carbons (Fsp3) is 0.609.